The summed E-state index contributed by atoms with van der Waals surface area (Å²) in [6, 6.07) is 10.2. The Balaban J connectivity index is 1.76. The molecule has 7 heteroatoms. The molecule has 3 rings (SSSR count). The summed E-state index contributed by atoms with van der Waals surface area (Å²) in [5, 5.41) is 0. The van der Waals surface area contributed by atoms with Crippen molar-refractivity contribution in [1.82, 2.24) is 4.72 Å². The molecule has 0 radical (unpaired) electrons. The van der Waals surface area contributed by atoms with Crippen LogP contribution < -0.4 is 14.2 Å². The fourth-order valence-electron chi connectivity index (χ4n) is 2.17. The van der Waals surface area contributed by atoms with Gasteiger partial charge in [0.2, 0.25) is 10.0 Å². The molecule has 0 amide bonds. The average molecular weight is 337 g/mol. The Labute approximate surface area is 134 Å². The van der Waals surface area contributed by atoms with Crippen LogP contribution in [0.4, 0.5) is 4.39 Å². The van der Waals surface area contributed by atoms with E-state index in [0.717, 1.165) is 6.42 Å². The Morgan fingerprint density at radius 2 is 1.70 bits per heavy atom. The molecule has 0 saturated carbocycles. The molecule has 2 aromatic carbocycles. The third-order valence-corrected chi connectivity index (χ3v) is 4.81. The number of hydrogen-bond donors (Lipinski definition) is 1. The van der Waals surface area contributed by atoms with Gasteiger partial charge >= 0.3 is 0 Å². The molecule has 0 spiro atoms. The minimum atomic E-state index is -3.69. The van der Waals surface area contributed by atoms with Crippen LogP contribution in [-0.4, -0.2) is 21.6 Å². The van der Waals surface area contributed by atoms with E-state index in [9.17, 15) is 12.8 Å². The summed E-state index contributed by atoms with van der Waals surface area (Å²) in [6.07, 6.45) is 0.750. The van der Waals surface area contributed by atoms with Crippen LogP contribution in [0.3, 0.4) is 0 Å². The second-order valence-electron chi connectivity index (χ2n) is 5.11. The van der Waals surface area contributed by atoms with E-state index in [-0.39, 0.29) is 17.3 Å². The molecular weight excluding hydrogens is 321 g/mol. The average Bonchev–Trinajstić information content (AvgIpc) is 2.79. The SMILES string of the molecule is O=S(=O)(NCc1ccc(F)cc1)c1ccc2c(c1)OCCCO2. The van der Waals surface area contributed by atoms with Crippen LogP contribution in [0.1, 0.15) is 12.0 Å². The maximum absolute atomic E-state index is 12.9. The largest absolute Gasteiger partial charge is 0.490 e. The van der Waals surface area contributed by atoms with Crippen LogP contribution in [0.2, 0.25) is 0 Å². The van der Waals surface area contributed by atoms with E-state index >= 15 is 0 Å². The summed E-state index contributed by atoms with van der Waals surface area (Å²) in [4.78, 5) is 0.101. The molecule has 0 saturated heterocycles. The van der Waals surface area contributed by atoms with Gasteiger partial charge in [0.05, 0.1) is 18.1 Å². The van der Waals surface area contributed by atoms with E-state index in [1.54, 1.807) is 6.07 Å². The zero-order valence-corrected chi connectivity index (χ0v) is 13.1. The zero-order chi connectivity index (χ0) is 16.3. The number of fused-ring (bicyclic) bond motifs is 1. The Bertz CT molecular complexity index is 790. The molecule has 0 fully saturated rings. The Morgan fingerprint density at radius 1 is 1.00 bits per heavy atom. The highest BCUT2D eigenvalue weighted by Crippen LogP contribution is 2.31. The van der Waals surface area contributed by atoms with Gasteiger partial charge in [-0.25, -0.2) is 17.5 Å². The summed E-state index contributed by atoms with van der Waals surface area (Å²) in [5.41, 5.74) is 0.671. The van der Waals surface area contributed by atoms with Crippen molar-refractivity contribution in [2.24, 2.45) is 0 Å². The molecule has 0 aliphatic carbocycles. The smallest absolute Gasteiger partial charge is 0.241 e. The highest BCUT2D eigenvalue weighted by Gasteiger charge is 2.18. The van der Waals surface area contributed by atoms with E-state index in [0.29, 0.717) is 30.3 Å². The van der Waals surface area contributed by atoms with E-state index in [1.807, 2.05) is 0 Å². The third-order valence-electron chi connectivity index (χ3n) is 3.41. The van der Waals surface area contributed by atoms with Crippen molar-refractivity contribution in [2.75, 3.05) is 13.2 Å². The monoisotopic (exact) mass is 337 g/mol. The lowest BCUT2D eigenvalue weighted by Crippen LogP contribution is -2.23. The number of benzene rings is 2. The van der Waals surface area contributed by atoms with Gasteiger partial charge in [-0.3, -0.25) is 0 Å². The Hall–Kier alpha value is -2.12. The molecule has 5 nitrogen and oxygen atoms in total. The zero-order valence-electron chi connectivity index (χ0n) is 12.3. The first-order valence-corrected chi connectivity index (χ1v) is 8.67. The molecule has 122 valence electrons. The highest BCUT2D eigenvalue weighted by molar-refractivity contribution is 7.89. The van der Waals surface area contributed by atoms with Crippen LogP contribution in [0.5, 0.6) is 11.5 Å². The van der Waals surface area contributed by atoms with E-state index in [1.165, 1.54) is 36.4 Å². The lowest BCUT2D eigenvalue weighted by Gasteiger charge is -2.11. The summed E-state index contributed by atoms with van der Waals surface area (Å²) in [7, 11) is -3.69. The summed E-state index contributed by atoms with van der Waals surface area (Å²) >= 11 is 0. The van der Waals surface area contributed by atoms with Gasteiger partial charge in [0.1, 0.15) is 5.82 Å². The molecule has 0 atom stereocenters. The predicted octanol–water partition coefficient (Wildman–Crippen LogP) is 2.47. The first kappa shape index (κ1) is 15.8. The first-order valence-electron chi connectivity index (χ1n) is 7.18. The minimum Gasteiger partial charge on any atom is -0.490 e. The second kappa shape index (κ2) is 6.55. The number of rotatable bonds is 4. The molecule has 2 aromatic rings. The van der Waals surface area contributed by atoms with E-state index in [2.05, 4.69) is 4.72 Å². The van der Waals surface area contributed by atoms with Gasteiger partial charge in [-0.15, -0.1) is 0 Å². The minimum absolute atomic E-state index is 0.0804. The van der Waals surface area contributed by atoms with E-state index in [4.69, 9.17) is 9.47 Å². The number of nitrogens with one attached hydrogen (secondary N) is 1. The fourth-order valence-corrected chi connectivity index (χ4v) is 3.21. The van der Waals surface area contributed by atoms with Crippen LogP contribution in [0.25, 0.3) is 0 Å². The molecule has 23 heavy (non-hydrogen) atoms. The van der Waals surface area contributed by atoms with Gasteiger partial charge in [-0.1, -0.05) is 12.1 Å². The second-order valence-corrected chi connectivity index (χ2v) is 6.88. The normalized spacial score (nSPS) is 14.3. The molecule has 1 N–H and O–H groups in total. The van der Waals surface area contributed by atoms with Crippen LogP contribution in [0.15, 0.2) is 47.4 Å². The maximum Gasteiger partial charge on any atom is 0.241 e. The lowest BCUT2D eigenvalue weighted by molar-refractivity contribution is 0.297. The molecule has 0 bridgehead atoms. The highest BCUT2D eigenvalue weighted by atomic mass is 32.2. The number of sulfonamides is 1. The van der Waals surface area contributed by atoms with Gasteiger partial charge in [0.25, 0.3) is 0 Å². The maximum atomic E-state index is 12.9. The van der Waals surface area contributed by atoms with Gasteiger partial charge < -0.3 is 9.47 Å². The molecule has 1 aliphatic heterocycles. The van der Waals surface area contributed by atoms with Crippen molar-refractivity contribution in [3.8, 4) is 11.5 Å². The molecule has 0 aromatic heterocycles. The Morgan fingerprint density at radius 3 is 2.43 bits per heavy atom. The summed E-state index contributed by atoms with van der Waals surface area (Å²) < 4.78 is 51.0. The predicted molar refractivity (Wildman–Crippen MR) is 82.5 cm³/mol. The van der Waals surface area contributed by atoms with Crippen molar-refractivity contribution < 1.29 is 22.3 Å². The lowest BCUT2D eigenvalue weighted by atomic mass is 10.2. The van der Waals surface area contributed by atoms with Crippen LogP contribution >= 0.6 is 0 Å². The van der Waals surface area contributed by atoms with Gasteiger partial charge in [-0.05, 0) is 29.8 Å². The van der Waals surface area contributed by atoms with Crippen molar-refractivity contribution in [1.29, 1.82) is 0 Å². The third kappa shape index (κ3) is 3.80. The van der Waals surface area contributed by atoms with Crippen LogP contribution in [-0.2, 0) is 16.6 Å². The van der Waals surface area contributed by atoms with Crippen molar-refractivity contribution >= 4 is 10.0 Å². The topological polar surface area (TPSA) is 64.6 Å². The fraction of sp³-hybridized carbons (Fsp3) is 0.250. The van der Waals surface area contributed by atoms with Crippen molar-refractivity contribution in [2.45, 2.75) is 17.9 Å². The molecule has 1 aliphatic rings. The summed E-state index contributed by atoms with van der Waals surface area (Å²) in [5.74, 6) is 0.603. The number of halogens is 1. The van der Waals surface area contributed by atoms with E-state index < -0.39 is 10.0 Å². The van der Waals surface area contributed by atoms with Crippen molar-refractivity contribution in [3.63, 3.8) is 0 Å². The number of hydrogen-bond acceptors (Lipinski definition) is 4. The van der Waals surface area contributed by atoms with Gasteiger partial charge in [0, 0.05) is 19.0 Å². The quantitative estimate of drug-likeness (QED) is 0.931. The van der Waals surface area contributed by atoms with Gasteiger partial charge in [-0.2, -0.15) is 0 Å². The molecular formula is C16H16FNO4S. The van der Waals surface area contributed by atoms with Crippen LogP contribution in [0, 0.1) is 5.82 Å². The summed E-state index contributed by atoms with van der Waals surface area (Å²) in [6.45, 7) is 1.11. The van der Waals surface area contributed by atoms with Crippen molar-refractivity contribution in [3.05, 3.63) is 53.8 Å². The first-order chi connectivity index (χ1) is 11.0. The standard InChI is InChI=1S/C16H16FNO4S/c17-13-4-2-12(3-5-13)11-18-23(19,20)14-6-7-15-16(10-14)22-9-1-8-21-15/h2-7,10,18H,1,8-9,11H2. The molecule has 1 heterocycles. The molecule has 0 unspecified atom stereocenters. The Kier molecular flexibility index (Phi) is 4.49. The number of ether oxygens (including phenoxy) is 2. The van der Waals surface area contributed by atoms with Gasteiger partial charge in [0.15, 0.2) is 11.5 Å².